The third kappa shape index (κ3) is 6.49. The lowest BCUT2D eigenvalue weighted by atomic mass is 10.1. The summed E-state index contributed by atoms with van der Waals surface area (Å²) in [6.07, 6.45) is 6.19. The summed E-state index contributed by atoms with van der Waals surface area (Å²) in [5.41, 5.74) is 3.07. The van der Waals surface area contributed by atoms with Crippen molar-refractivity contribution in [2.24, 2.45) is 0 Å². The van der Waals surface area contributed by atoms with Gasteiger partial charge in [-0.2, -0.15) is 11.8 Å². The molecule has 0 amide bonds. The monoisotopic (exact) mass is 172 g/mol. The highest BCUT2D eigenvalue weighted by Gasteiger charge is 1.92. The minimum Gasteiger partial charge on any atom is -0.165 e. The molecule has 0 aliphatic carbocycles. The first-order valence-corrected chi connectivity index (χ1v) is 5.69. The summed E-state index contributed by atoms with van der Waals surface area (Å²) < 4.78 is 0. The second-order valence-corrected chi connectivity index (χ2v) is 4.22. The second-order valence-electron chi connectivity index (χ2n) is 3.23. The van der Waals surface area contributed by atoms with Gasteiger partial charge in [0.15, 0.2) is 0 Å². The zero-order valence-electron chi connectivity index (χ0n) is 8.24. The molecule has 66 valence electrons. The van der Waals surface area contributed by atoms with Crippen molar-refractivity contribution in [2.75, 3.05) is 12.0 Å². The quantitative estimate of drug-likeness (QED) is 0.448. The Balaban J connectivity index is 3.32. The first-order valence-electron chi connectivity index (χ1n) is 4.30. The molecule has 0 heterocycles. The molecule has 0 unspecified atom stereocenters. The standard InChI is InChI=1S/C10H20S/c1-9(2)10(3)7-5-6-8-11-4/h5-8H2,1-4H3. The first kappa shape index (κ1) is 11.1. The molecule has 0 rings (SSSR count). The average molecular weight is 172 g/mol. The third-order valence-corrected chi connectivity index (χ3v) is 2.70. The molecule has 0 bridgehead atoms. The van der Waals surface area contributed by atoms with Gasteiger partial charge in [-0.05, 0) is 52.0 Å². The summed E-state index contributed by atoms with van der Waals surface area (Å²) in [6.45, 7) is 6.64. The van der Waals surface area contributed by atoms with Gasteiger partial charge in [-0.15, -0.1) is 0 Å². The number of thioether (sulfide) groups is 1. The topological polar surface area (TPSA) is 0 Å². The third-order valence-electron chi connectivity index (χ3n) is 2.00. The van der Waals surface area contributed by atoms with Crippen LogP contribution in [0.2, 0.25) is 0 Å². The van der Waals surface area contributed by atoms with Gasteiger partial charge in [-0.3, -0.25) is 0 Å². The second kappa shape index (κ2) is 6.78. The predicted octanol–water partition coefficient (Wildman–Crippen LogP) is 3.88. The van der Waals surface area contributed by atoms with Crippen molar-refractivity contribution in [1.29, 1.82) is 0 Å². The van der Waals surface area contributed by atoms with Crippen LogP contribution in [0.5, 0.6) is 0 Å². The van der Waals surface area contributed by atoms with Gasteiger partial charge in [0.1, 0.15) is 0 Å². The summed E-state index contributed by atoms with van der Waals surface area (Å²) in [5, 5.41) is 0. The first-order chi connectivity index (χ1) is 5.18. The molecule has 0 nitrogen and oxygen atoms in total. The van der Waals surface area contributed by atoms with E-state index in [9.17, 15) is 0 Å². The van der Waals surface area contributed by atoms with Crippen molar-refractivity contribution >= 4 is 11.8 Å². The van der Waals surface area contributed by atoms with E-state index in [0.717, 1.165) is 0 Å². The van der Waals surface area contributed by atoms with E-state index in [1.165, 1.54) is 30.6 Å². The molecule has 1 heteroatoms. The lowest BCUT2D eigenvalue weighted by molar-refractivity contribution is 0.788. The van der Waals surface area contributed by atoms with Gasteiger partial charge in [-0.25, -0.2) is 0 Å². The number of unbranched alkanes of at least 4 members (excludes halogenated alkanes) is 1. The molecule has 0 saturated carbocycles. The van der Waals surface area contributed by atoms with E-state index in [1.807, 2.05) is 11.8 Å². The van der Waals surface area contributed by atoms with Crippen LogP contribution in [0.1, 0.15) is 40.0 Å². The molecule has 0 aliphatic heterocycles. The summed E-state index contributed by atoms with van der Waals surface area (Å²) >= 11 is 1.95. The fraction of sp³-hybridized carbons (Fsp3) is 0.800. The normalized spacial score (nSPS) is 9.82. The Morgan fingerprint density at radius 1 is 1.09 bits per heavy atom. The van der Waals surface area contributed by atoms with E-state index >= 15 is 0 Å². The van der Waals surface area contributed by atoms with Crippen molar-refractivity contribution < 1.29 is 0 Å². The molecule has 0 aromatic rings. The van der Waals surface area contributed by atoms with Crippen LogP contribution >= 0.6 is 11.8 Å². The van der Waals surface area contributed by atoms with Gasteiger partial charge in [-0.1, -0.05) is 11.1 Å². The van der Waals surface area contributed by atoms with Crippen LogP contribution in [0, 0.1) is 0 Å². The van der Waals surface area contributed by atoms with Crippen LogP contribution < -0.4 is 0 Å². The Morgan fingerprint density at radius 3 is 2.18 bits per heavy atom. The molecule has 0 fully saturated rings. The molecule has 0 N–H and O–H groups in total. The fourth-order valence-corrected chi connectivity index (χ4v) is 1.38. The van der Waals surface area contributed by atoms with Crippen LogP contribution in [0.15, 0.2) is 11.1 Å². The lowest BCUT2D eigenvalue weighted by Gasteiger charge is -2.02. The molecule has 0 spiro atoms. The molecule has 0 aromatic carbocycles. The maximum Gasteiger partial charge on any atom is -0.00702 e. The van der Waals surface area contributed by atoms with Crippen LogP contribution in [-0.2, 0) is 0 Å². The fourth-order valence-electron chi connectivity index (χ4n) is 0.887. The highest BCUT2D eigenvalue weighted by molar-refractivity contribution is 7.98. The van der Waals surface area contributed by atoms with Crippen molar-refractivity contribution in [1.82, 2.24) is 0 Å². The minimum atomic E-state index is 1.29. The van der Waals surface area contributed by atoms with Crippen molar-refractivity contribution in [3.05, 3.63) is 11.1 Å². The largest absolute Gasteiger partial charge is 0.165 e. The molecule has 0 aromatic heterocycles. The Kier molecular flexibility index (Phi) is 6.83. The molecule has 11 heavy (non-hydrogen) atoms. The van der Waals surface area contributed by atoms with Gasteiger partial charge in [0.2, 0.25) is 0 Å². The zero-order chi connectivity index (χ0) is 8.69. The number of allylic oxidation sites excluding steroid dienone is 2. The average Bonchev–Trinajstić information content (AvgIpc) is 1.97. The summed E-state index contributed by atoms with van der Waals surface area (Å²) in [7, 11) is 0. The van der Waals surface area contributed by atoms with Crippen LogP contribution in [0.25, 0.3) is 0 Å². The molecular formula is C10H20S. The minimum absolute atomic E-state index is 1.29. The zero-order valence-corrected chi connectivity index (χ0v) is 9.05. The summed E-state index contributed by atoms with van der Waals surface area (Å²) in [4.78, 5) is 0. The van der Waals surface area contributed by atoms with Crippen molar-refractivity contribution in [2.45, 2.75) is 40.0 Å². The van der Waals surface area contributed by atoms with E-state index in [0.29, 0.717) is 0 Å². The summed E-state index contributed by atoms with van der Waals surface area (Å²) in [5.74, 6) is 1.32. The molecular weight excluding hydrogens is 152 g/mol. The smallest absolute Gasteiger partial charge is 0.00702 e. The van der Waals surface area contributed by atoms with Crippen LogP contribution in [0.4, 0.5) is 0 Å². The van der Waals surface area contributed by atoms with E-state index in [4.69, 9.17) is 0 Å². The number of rotatable bonds is 5. The van der Waals surface area contributed by atoms with Gasteiger partial charge >= 0.3 is 0 Å². The van der Waals surface area contributed by atoms with E-state index in [1.54, 1.807) is 5.57 Å². The molecule has 0 saturated heterocycles. The van der Waals surface area contributed by atoms with E-state index < -0.39 is 0 Å². The molecule has 0 atom stereocenters. The Bertz CT molecular complexity index is 121. The van der Waals surface area contributed by atoms with Gasteiger partial charge < -0.3 is 0 Å². The van der Waals surface area contributed by atoms with Crippen molar-refractivity contribution in [3.63, 3.8) is 0 Å². The lowest BCUT2D eigenvalue weighted by Crippen LogP contribution is -1.84. The molecule has 0 radical (unpaired) electrons. The van der Waals surface area contributed by atoms with E-state index in [-0.39, 0.29) is 0 Å². The predicted molar refractivity (Wildman–Crippen MR) is 56.3 cm³/mol. The summed E-state index contributed by atoms with van der Waals surface area (Å²) in [6, 6.07) is 0. The van der Waals surface area contributed by atoms with Crippen LogP contribution in [0.3, 0.4) is 0 Å². The molecule has 0 aliphatic rings. The Morgan fingerprint density at radius 2 is 1.73 bits per heavy atom. The highest BCUT2D eigenvalue weighted by Crippen LogP contribution is 2.12. The van der Waals surface area contributed by atoms with Crippen LogP contribution in [-0.4, -0.2) is 12.0 Å². The Labute approximate surface area is 75.5 Å². The number of hydrogen-bond acceptors (Lipinski definition) is 1. The van der Waals surface area contributed by atoms with Gasteiger partial charge in [0.05, 0.1) is 0 Å². The van der Waals surface area contributed by atoms with Crippen molar-refractivity contribution in [3.8, 4) is 0 Å². The number of hydrogen-bond donors (Lipinski definition) is 0. The SMILES string of the molecule is CSCCCCC(C)=C(C)C. The maximum absolute atomic E-state index is 2.24. The highest BCUT2D eigenvalue weighted by atomic mass is 32.2. The van der Waals surface area contributed by atoms with Gasteiger partial charge in [0.25, 0.3) is 0 Å². The Hall–Kier alpha value is 0.0900. The van der Waals surface area contributed by atoms with Gasteiger partial charge in [0, 0.05) is 0 Å². The van der Waals surface area contributed by atoms with E-state index in [2.05, 4.69) is 27.0 Å². The maximum atomic E-state index is 2.24.